The summed E-state index contributed by atoms with van der Waals surface area (Å²) in [6, 6.07) is 0. The first-order chi connectivity index (χ1) is 4.70. The van der Waals surface area contributed by atoms with Gasteiger partial charge < -0.3 is 9.47 Å². The molecule has 0 N–H and O–H groups in total. The van der Waals surface area contributed by atoms with Gasteiger partial charge in [-0.3, -0.25) is 4.79 Å². The third kappa shape index (κ3) is 3.72. The Balaban J connectivity index is 3.95. The van der Waals surface area contributed by atoms with Crippen molar-refractivity contribution in [3.05, 3.63) is 24.7 Å². The number of rotatable bonds is 3. The van der Waals surface area contributed by atoms with Gasteiger partial charge in [0.25, 0.3) is 5.95 Å². The van der Waals surface area contributed by atoms with Crippen LogP contribution in [0.15, 0.2) is 24.7 Å². The Labute approximate surface area is 59.9 Å². The third-order valence-electron chi connectivity index (χ3n) is 0.699. The SMILES string of the molecule is C=C/C=C(\OC)OC(C)=O. The normalized spacial score (nSPS) is 10.4. The molecule has 0 fully saturated rings. The molecule has 0 aromatic rings. The Bertz CT molecular complexity index is 158. The number of carbonyl (C=O) groups is 1. The van der Waals surface area contributed by atoms with Crippen molar-refractivity contribution in [2.75, 3.05) is 7.11 Å². The zero-order valence-electron chi connectivity index (χ0n) is 6.09. The number of methoxy groups -OCH3 is 1. The van der Waals surface area contributed by atoms with Crippen LogP contribution < -0.4 is 0 Å². The minimum absolute atomic E-state index is 0.155. The van der Waals surface area contributed by atoms with Crippen LogP contribution in [0.4, 0.5) is 0 Å². The molecular formula is C7H10O3. The van der Waals surface area contributed by atoms with E-state index in [1.807, 2.05) is 0 Å². The van der Waals surface area contributed by atoms with Gasteiger partial charge in [0.15, 0.2) is 0 Å². The topological polar surface area (TPSA) is 35.5 Å². The van der Waals surface area contributed by atoms with Crippen molar-refractivity contribution in [1.29, 1.82) is 0 Å². The lowest BCUT2D eigenvalue weighted by atomic mass is 10.6. The summed E-state index contributed by atoms with van der Waals surface area (Å²) in [4.78, 5) is 10.3. The monoisotopic (exact) mass is 142 g/mol. The standard InChI is InChI=1S/C7H10O3/c1-4-5-7(9-3)10-6(2)8/h4-5H,1H2,2-3H3/b7-5+. The Morgan fingerprint density at radius 3 is 2.50 bits per heavy atom. The van der Waals surface area contributed by atoms with Crippen LogP contribution in [0.1, 0.15) is 6.92 Å². The first-order valence-electron chi connectivity index (χ1n) is 2.76. The number of hydrogen-bond donors (Lipinski definition) is 0. The Kier molecular flexibility index (Phi) is 4.04. The predicted octanol–water partition coefficient (Wildman–Crippen LogP) is 1.22. The van der Waals surface area contributed by atoms with Crippen LogP contribution in [0.2, 0.25) is 0 Å². The molecule has 3 nitrogen and oxygen atoms in total. The van der Waals surface area contributed by atoms with Crippen LogP contribution in [-0.2, 0) is 14.3 Å². The highest BCUT2D eigenvalue weighted by Gasteiger charge is 1.97. The molecule has 3 heteroatoms. The van der Waals surface area contributed by atoms with Crippen LogP contribution in [0.3, 0.4) is 0 Å². The summed E-state index contributed by atoms with van der Waals surface area (Å²) in [6.07, 6.45) is 2.93. The minimum Gasteiger partial charge on any atom is -0.468 e. The summed E-state index contributed by atoms with van der Waals surface area (Å²) >= 11 is 0. The zero-order valence-corrected chi connectivity index (χ0v) is 6.09. The predicted molar refractivity (Wildman–Crippen MR) is 37.1 cm³/mol. The van der Waals surface area contributed by atoms with Gasteiger partial charge in [-0.25, -0.2) is 0 Å². The van der Waals surface area contributed by atoms with Gasteiger partial charge in [-0.2, -0.15) is 0 Å². The lowest BCUT2D eigenvalue weighted by Gasteiger charge is -2.01. The van der Waals surface area contributed by atoms with E-state index in [-0.39, 0.29) is 5.95 Å². The van der Waals surface area contributed by atoms with E-state index in [4.69, 9.17) is 0 Å². The molecule has 0 rings (SSSR count). The Morgan fingerprint density at radius 1 is 1.60 bits per heavy atom. The van der Waals surface area contributed by atoms with Crippen LogP contribution in [0.5, 0.6) is 0 Å². The first kappa shape index (κ1) is 8.75. The van der Waals surface area contributed by atoms with Crippen LogP contribution in [-0.4, -0.2) is 13.1 Å². The van der Waals surface area contributed by atoms with E-state index >= 15 is 0 Å². The fourth-order valence-electron chi connectivity index (χ4n) is 0.382. The Morgan fingerprint density at radius 2 is 2.20 bits per heavy atom. The molecule has 0 saturated heterocycles. The fraction of sp³-hybridized carbons (Fsp3) is 0.286. The van der Waals surface area contributed by atoms with Crippen molar-refractivity contribution in [2.45, 2.75) is 6.92 Å². The van der Waals surface area contributed by atoms with E-state index in [9.17, 15) is 4.79 Å². The summed E-state index contributed by atoms with van der Waals surface area (Å²) in [5.41, 5.74) is 0. The largest absolute Gasteiger partial charge is 0.468 e. The first-order valence-corrected chi connectivity index (χ1v) is 2.76. The van der Waals surface area contributed by atoms with Crippen LogP contribution in [0.25, 0.3) is 0 Å². The molecule has 0 radical (unpaired) electrons. The van der Waals surface area contributed by atoms with Gasteiger partial charge in [-0.15, -0.1) is 0 Å². The van der Waals surface area contributed by atoms with Crippen LogP contribution in [0, 0.1) is 0 Å². The molecule has 56 valence electrons. The number of esters is 1. The molecule has 0 heterocycles. The van der Waals surface area contributed by atoms with Crippen molar-refractivity contribution < 1.29 is 14.3 Å². The van der Waals surface area contributed by atoms with Gasteiger partial charge in [-0.1, -0.05) is 12.7 Å². The Hall–Kier alpha value is -1.25. The average Bonchev–Trinajstić information content (AvgIpc) is 1.86. The highest BCUT2D eigenvalue weighted by molar-refractivity contribution is 5.67. The second-order valence-electron chi connectivity index (χ2n) is 1.52. The quantitative estimate of drug-likeness (QED) is 0.337. The highest BCUT2D eigenvalue weighted by atomic mass is 16.7. The third-order valence-corrected chi connectivity index (χ3v) is 0.699. The van der Waals surface area contributed by atoms with Crippen molar-refractivity contribution in [3.63, 3.8) is 0 Å². The second-order valence-corrected chi connectivity index (χ2v) is 1.52. The summed E-state index contributed by atoms with van der Waals surface area (Å²) in [5, 5.41) is 0. The van der Waals surface area contributed by atoms with E-state index in [1.165, 1.54) is 26.2 Å². The van der Waals surface area contributed by atoms with E-state index in [2.05, 4.69) is 16.1 Å². The van der Waals surface area contributed by atoms with E-state index in [1.54, 1.807) is 0 Å². The molecule has 0 bridgehead atoms. The molecule has 0 aromatic carbocycles. The van der Waals surface area contributed by atoms with Gasteiger partial charge in [0.2, 0.25) is 0 Å². The minimum atomic E-state index is -0.407. The summed E-state index contributed by atoms with van der Waals surface area (Å²) in [6.45, 7) is 4.71. The van der Waals surface area contributed by atoms with E-state index < -0.39 is 5.97 Å². The van der Waals surface area contributed by atoms with Crippen molar-refractivity contribution in [3.8, 4) is 0 Å². The number of ether oxygens (including phenoxy) is 2. The fourth-order valence-corrected chi connectivity index (χ4v) is 0.382. The summed E-state index contributed by atoms with van der Waals surface area (Å²) in [7, 11) is 1.41. The smallest absolute Gasteiger partial charge is 0.310 e. The van der Waals surface area contributed by atoms with Gasteiger partial charge in [-0.05, 0) is 0 Å². The van der Waals surface area contributed by atoms with Gasteiger partial charge in [0.1, 0.15) is 0 Å². The highest BCUT2D eigenvalue weighted by Crippen LogP contribution is 1.97. The summed E-state index contributed by atoms with van der Waals surface area (Å²) in [5.74, 6) is -0.252. The summed E-state index contributed by atoms with van der Waals surface area (Å²) < 4.78 is 9.22. The molecule has 0 aromatic heterocycles. The molecule has 0 aliphatic heterocycles. The molecule has 0 aliphatic carbocycles. The van der Waals surface area contributed by atoms with E-state index in [0.29, 0.717) is 0 Å². The molecule has 0 saturated carbocycles. The number of allylic oxidation sites excluding steroid dienone is 2. The van der Waals surface area contributed by atoms with Gasteiger partial charge in [0, 0.05) is 13.0 Å². The van der Waals surface area contributed by atoms with E-state index in [0.717, 1.165) is 0 Å². The molecule has 10 heavy (non-hydrogen) atoms. The van der Waals surface area contributed by atoms with Crippen molar-refractivity contribution >= 4 is 5.97 Å². The molecular weight excluding hydrogens is 132 g/mol. The average molecular weight is 142 g/mol. The van der Waals surface area contributed by atoms with Crippen molar-refractivity contribution in [2.24, 2.45) is 0 Å². The molecule has 0 aliphatic rings. The second kappa shape index (κ2) is 4.61. The number of carbonyl (C=O) groups excluding carboxylic acids is 1. The zero-order chi connectivity index (χ0) is 7.98. The lowest BCUT2D eigenvalue weighted by Crippen LogP contribution is -1.99. The maximum Gasteiger partial charge on any atom is 0.310 e. The molecule has 0 spiro atoms. The van der Waals surface area contributed by atoms with Crippen LogP contribution >= 0.6 is 0 Å². The number of hydrogen-bond acceptors (Lipinski definition) is 3. The maximum atomic E-state index is 10.3. The molecule has 0 atom stereocenters. The molecule has 0 amide bonds. The molecule has 0 unspecified atom stereocenters. The maximum absolute atomic E-state index is 10.3. The van der Waals surface area contributed by atoms with Gasteiger partial charge >= 0.3 is 5.97 Å². The van der Waals surface area contributed by atoms with Crippen molar-refractivity contribution in [1.82, 2.24) is 0 Å². The van der Waals surface area contributed by atoms with Gasteiger partial charge in [0.05, 0.1) is 7.11 Å². The lowest BCUT2D eigenvalue weighted by molar-refractivity contribution is -0.141.